The third-order valence-electron chi connectivity index (χ3n) is 3.82. The molecular formula is C19H22ClNO2. The van der Waals surface area contributed by atoms with Crippen LogP contribution >= 0.6 is 11.6 Å². The Morgan fingerprint density at radius 3 is 2.43 bits per heavy atom. The van der Waals surface area contributed by atoms with Crippen molar-refractivity contribution in [3.8, 4) is 0 Å². The number of hydrogen-bond acceptors (Lipinski definition) is 2. The number of halogens is 1. The van der Waals surface area contributed by atoms with Gasteiger partial charge in [-0.15, -0.1) is 0 Å². The average molecular weight is 332 g/mol. The first kappa shape index (κ1) is 17.5. The van der Waals surface area contributed by atoms with Crippen LogP contribution in [0.1, 0.15) is 49.0 Å². The number of hydrogen-bond donors (Lipinski definition) is 2. The summed E-state index contributed by atoms with van der Waals surface area (Å²) in [6.07, 6.45) is -0.841. The lowest BCUT2D eigenvalue weighted by molar-refractivity contribution is -0.118. The highest BCUT2D eigenvalue weighted by atomic mass is 35.5. The Morgan fingerprint density at radius 1 is 1.17 bits per heavy atom. The summed E-state index contributed by atoms with van der Waals surface area (Å²) >= 11 is 5.83. The molecule has 23 heavy (non-hydrogen) atoms. The first-order valence-electron chi connectivity index (χ1n) is 7.71. The lowest BCUT2D eigenvalue weighted by Gasteiger charge is -2.17. The van der Waals surface area contributed by atoms with Crippen molar-refractivity contribution in [3.63, 3.8) is 0 Å². The predicted octanol–water partition coefficient (Wildman–Crippen LogP) is 4.83. The zero-order chi connectivity index (χ0) is 17.0. The van der Waals surface area contributed by atoms with E-state index in [0.717, 1.165) is 16.8 Å². The summed E-state index contributed by atoms with van der Waals surface area (Å²) in [6, 6.07) is 12.8. The van der Waals surface area contributed by atoms with Gasteiger partial charge in [-0.25, -0.2) is 0 Å². The van der Waals surface area contributed by atoms with Crippen LogP contribution in [0.25, 0.3) is 0 Å². The number of rotatable bonds is 5. The molecule has 0 saturated carbocycles. The maximum Gasteiger partial charge on any atom is 0.227 e. The molecule has 2 aromatic rings. The number of aliphatic hydroxyl groups is 1. The standard InChI is InChI=1S/C19H22ClNO2/c1-12(2)16-6-4-5-13(3)19(16)21-18(23)11-17(22)14-7-9-15(20)10-8-14/h4-10,12,17,22H,11H2,1-3H3,(H,21,23). The monoisotopic (exact) mass is 331 g/mol. The Morgan fingerprint density at radius 2 is 1.83 bits per heavy atom. The summed E-state index contributed by atoms with van der Waals surface area (Å²) in [5, 5.41) is 13.8. The van der Waals surface area contributed by atoms with Crippen LogP contribution in [0, 0.1) is 6.92 Å². The molecule has 0 heterocycles. The third-order valence-corrected chi connectivity index (χ3v) is 4.08. The molecule has 0 aliphatic heterocycles. The summed E-state index contributed by atoms with van der Waals surface area (Å²) in [5.74, 6) is 0.107. The topological polar surface area (TPSA) is 49.3 Å². The van der Waals surface area contributed by atoms with Crippen molar-refractivity contribution in [3.05, 3.63) is 64.2 Å². The van der Waals surface area contributed by atoms with E-state index < -0.39 is 6.10 Å². The van der Waals surface area contributed by atoms with E-state index in [9.17, 15) is 9.90 Å². The Kier molecular flexibility index (Phi) is 5.80. The van der Waals surface area contributed by atoms with Crippen LogP contribution in [-0.4, -0.2) is 11.0 Å². The molecule has 0 spiro atoms. The zero-order valence-electron chi connectivity index (χ0n) is 13.6. The van der Waals surface area contributed by atoms with Crippen LogP contribution in [-0.2, 0) is 4.79 Å². The quantitative estimate of drug-likeness (QED) is 0.824. The molecule has 4 heteroatoms. The number of carbonyl (C=O) groups is 1. The molecule has 2 rings (SSSR count). The molecule has 1 unspecified atom stereocenters. The fourth-order valence-electron chi connectivity index (χ4n) is 2.51. The molecule has 2 N–H and O–H groups in total. The average Bonchev–Trinajstić information content (AvgIpc) is 2.49. The van der Waals surface area contributed by atoms with Gasteiger partial charge in [-0.2, -0.15) is 0 Å². The van der Waals surface area contributed by atoms with E-state index in [2.05, 4.69) is 19.2 Å². The van der Waals surface area contributed by atoms with Gasteiger partial charge in [0, 0.05) is 10.7 Å². The highest BCUT2D eigenvalue weighted by molar-refractivity contribution is 6.30. The Bertz CT molecular complexity index is 680. The number of amides is 1. The first-order valence-corrected chi connectivity index (χ1v) is 8.09. The lowest BCUT2D eigenvalue weighted by Crippen LogP contribution is -2.17. The molecule has 122 valence electrons. The van der Waals surface area contributed by atoms with E-state index in [0.29, 0.717) is 16.5 Å². The van der Waals surface area contributed by atoms with Gasteiger partial charge in [0.05, 0.1) is 12.5 Å². The van der Waals surface area contributed by atoms with Crippen molar-refractivity contribution in [2.45, 2.75) is 39.2 Å². The number of aryl methyl sites for hydroxylation is 1. The van der Waals surface area contributed by atoms with Gasteiger partial charge in [0.15, 0.2) is 0 Å². The largest absolute Gasteiger partial charge is 0.388 e. The molecule has 0 radical (unpaired) electrons. The number of para-hydroxylation sites is 1. The highest BCUT2D eigenvalue weighted by Crippen LogP contribution is 2.28. The van der Waals surface area contributed by atoms with Crippen LogP contribution in [0.5, 0.6) is 0 Å². The Labute approximate surface area is 142 Å². The molecule has 0 fully saturated rings. The second-order valence-electron chi connectivity index (χ2n) is 6.01. The zero-order valence-corrected chi connectivity index (χ0v) is 14.4. The van der Waals surface area contributed by atoms with Gasteiger partial charge < -0.3 is 10.4 Å². The van der Waals surface area contributed by atoms with E-state index in [4.69, 9.17) is 11.6 Å². The second-order valence-corrected chi connectivity index (χ2v) is 6.45. The van der Waals surface area contributed by atoms with Crippen molar-refractivity contribution in [2.75, 3.05) is 5.32 Å². The lowest BCUT2D eigenvalue weighted by atomic mass is 9.98. The van der Waals surface area contributed by atoms with Crippen molar-refractivity contribution in [1.82, 2.24) is 0 Å². The summed E-state index contributed by atoms with van der Waals surface area (Å²) in [4.78, 5) is 12.3. The van der Waals surface area contributed by atoms with Crippen molar-refractivity contribution in [2.24, 2.45) is 0 Å². The second kappa shape index (κ2) is 7.62. The van der Waals surface area contributed by atoms with Crippen LogP contribution in [0.2, 0.25) is 5.02 Å². The number of carbonyl (C=O) groups excluding carboxylic acids is 1. The van der Waals surface area contributed by atoms with Gasteiger partial charge >= 0.3 is 0 Å². The van der Waals surface area contributed by atoms with Crippen molar-refractivity contribution < 1.29 is 9.90 Å². The molecular weight excluding hydrogens is 310 g/mol. The number of benzene rings is 2. The number of aliphatic hydroxyl groups excluding tert-OH is 1. The summed E-state index contributed by atoms with van der Waals surface area (Å²) < 4.78 is 0. The summed E-state index contributed by atoms with van der Waals surface area (Å²) in [7, 11) is 0. The Hall–Kier alpha value is -1.84. The van der Waals surface area contributed by atoms with E-state index in [1.165, 1.54) is 0 Å². The predicted molar refractivity (Wildman–Crippen MR) is 94.9 cm³/mol. The number of nitrogens with one attached hydrogen (secondary N) is 1. The molecule has 0 aromatic heterocycles. The van der Waals surface area contributed by atoms with Gasteiger partial charge in [-0.05, 0) is 41.7 Å². The molecule has 0 bridgehead atoms. The minimum absolute atomic E-state index is 0.00744. The maximum atomic E-state index is 12.3. The van der Waals surface area contributed by atoms with E-state index in [-0.39, 0.29) is 12.3 Å². The van der Waals surface area contributed by atoms with Crippen LogP contribution in [0.3, 0.4) is 0 Å². The highest BCUT2D eigenvalue weighted by Gasteiger charge is 2.16. The summed E-state index contributed by atoms with van der Waals surface area (Å²) in [5.41, 5.74) is 3.64. The van der Waals surface area contributed by atoms with Crippen molar-refractivity contribution >= 4 is 23.2 Å². The smallest absolute Gasteiger partial charge is 0.227 e. The molecule has 1 amide bonds. The molecule has 0 aliphatic rings. The molecule has 0 aliphatic carbocycles. The fourth-order valence-corrected chi connectivity index (χ4v) is 2.64. The van der Waals surface area contributed by atoms with Gasteiger partial charge in [-0.3, -0.25) is 4.79 Å². The Balaban J connectivity index is 2.09. The van der Waals surface area contributed by atoms with Crippen molar-refractivity contribution in [1.29, 1.82) is 0 Å². The first-order chi connectivity index (χ1) is 10.9. The minimum atomic E-state index is -0.848. The molecule has 0 saturated heterocycles. The maximum absolute atomic E-state index is 12.3. The van der Waals surface area contributed by atoms with Crippen LogP contribution in [0.15, 0.2) is 42.5 Å². The molecule has 2 aromatic carbocycles. The third kappa shape index (κ3) is 4.57. The fraction of sp³-hybridized carbons (Fsp3) is 0.316. The summed E-state index contributed by atoms with van der Waals surface area (Å²) in [6.45, 7) is 6.15. The van der Waals surface area contributed by atoms with Gasteiger partial charge in [-0.1, -0.05) is 55.8 Å². The van der Waals surface area contributed by atoms with Crippen LogP contribution < -0.4 is 5.32 Å². The van der Waals surface area contributed by atoms with E-state index >= 15 is 0 Å². The molecule has 1 atom stereocenters. The minimum Gasteiger partial charge on any atom is -0.388 e. The molecule has 3 nitrogen and oxygen atoms in total. The van der Waals surface area contributed by atoms with Gasteiger partial charge in [0.1, 0.15) is 0 Å². The van der Waals surface area contributed by atoms with Gasteiger partial charge in [0.25, 0.3) is 0 Å². The van der Waals surface area contributed by atoms with E-state index in [1.54, 1.807) is 24.3 Å². The normalized spacial score (nSPS) is 12.3. The number of anilines is 1. The van der Waals surface area contributed by atoms with Gasteiger partial charge in [0.2, 0.25) is 5.91 Å². The van der Waals surface area contributed by atoms with E-state index in [1.807, 2.05) is 25.1 Å². The SMILES string of the molecule is Cc1cccc(C(C)C)c1NC(=O)CC(O)c1ccc(Cl)cc1. The van der Waals surface area contributed by atoms with Crippen LogP contribution in [0.4, 0.5) is 5.69 Å².